The zero-order chi connectivity index (χ0) is 13.9. The number of anilines is 2. The number of rotatable bonds is 2. The number of nitrogens with two attached hydrogens (primary N) is 1. The molecular weight excluding hydrogens is 254 g/mol. The highest BCUT2D eigenvalue weighted by Gasteiger charge is 2.23. The minimum absolute atomic E-state index is 0.0273. The van der Waals surface area contributed by atoms with Crippen molar-refractivity contribution in [3.8, 4) is 0 Å². The third kappa shape index (κ3) is 2.32. The van der Waals surface area contributed by atoms with Crippen LogP contribution >= 0.6 is 0 Å². The number of hydrogen-bond donors (Lipinski definition) is 2. The quantitative estimate of drug-likeness (QED) is 0.797. The fourth-order valence-electron chi connectivity index (χ4n) is 2.48. The summed E-state index contributed by atoms with van der Waals surface area (Å²) in [5, 5.41) is 6.48. The maximum absolute atomic E-state index is 12.2. The van der Waals surface area contributed by atoms with E-state index in [1.54, 1.807) is 12.4 Å². The van der Waals surface area contributed by atoms with Crippen LogP contribution in [0.25, 0.3) is 0 Å². The standard InChI is InChI=1S/C14H17N5O/c15-12-3-1-2-4-13(12)18-5-7-19(8-6-18)14(20)11-9-16-17-10-11/h1-4,9-10H,5-8,15H2,(H,16,17). The lowest BCUT2D eigenvalue weighted by Gasteiger charge is -2.36. The van der Waals surface area contributed by atoms with Crippen LogP contribution in [0.5, 0.6) is 0 Å². The molecule has 1 aromatic carbocycles. The van der Waals surface area contributed by atoms with Crippen LogP contribution in [-0.2, 0) is 0 Å². The molecule has 0 atom stereocenters. The van der Waals surface area contributed by atoms with Crippen LogP contribution in [-0.4, -0.2) is 47.2 Å². The van der Waals surface area contributed by atoms with Crippen molar-refractivity contribution in [2.75, 3.05) is 36.8 Å². The van der Waals surface area contributed by atoms with Gasteiger partial charge in [0.1, 0.15) is 0 Å². The number of para-hydroxylation sites is 2. The van der Waals surface area contributed by atoms with Crippen LogP contribution in [0.15, 0.2) is 36.7 Å². The average Bonchev–Trinajstić information content (AvgIpc) is 3.01. The Morgan fingerprint density at radius 1 is 1.20 bits per heavy atom. The lowest BCUT2D eigenvalue weighted by Crippen LogP contribution is -2.48. The maximum atomic E-state index is 12.2. The van der Waals surface area contributed by atoms with E-state index >= 15 is 0 Å². The summed E-state index contributed by atoms with van der Waals surface area (Å²) in [6.45, 7) is 2.96. The molecule has 1 aliphatic heterocycles. The Bertz CT molecular complexity index is 587. The van der Waals surface area contributed by atoms with Gasteiger partial charge >= 0.3 is 0 Å². The van der Waals surface area contributed by atoms with Crippen LogP contribution in [0, 0.1) is 0 Å². The van der Waals surface area contributed by atoms with E-state index < -0.39 is 0 Å². The van der Waals surface area contributed by atoms with Crippen LogP contribution in [0.1, 0.15) is 10.4 Å². The minimum atomic E-state index is 0.0273. The molecule has 2 heterocycles. The van der Waals surface area contributed by atoms with E-state index in [1.165, 1.54) is 0 Å². The van der Waals surface area contributed by atoms with Crippen molar-refractivity contribution in [3.63, 3.8) is 0 Å². The van der Waals surface area contributed by atoms with Gasteiger partial charge in [0.15, 0.2) is 0 Å². The predicted octanol–water partition coefficient (Wildman–Crippen LogP) is 0.954. The lowest BCUT2D eigenvalue weighted by atomic mass is 10.2. The number of carbonyl (C=O) groups excluding carboxylic acids is 1. The van der Waals surface area contributed by atoms with Crippen molar-refractivity contribution in [2.24, 2.45) is 0 Å². The minimum Gasteiger partial charge on any atom is -0.397 e. The molecular formula is C14H17N5O. The van der Waals surface area contributed by atoms with Crippen LogP contribution < -0.4 is 10.6 Å². The zero-order valence-electron chi connectivity index (χ0n) is 11.1. The monoisotopic (exact) mass is 271 g/mol. The second-order valence-corrected chi connectivity index (χ2v) is 4.83. The van der Waals surface area contributed by atoms with Crippen molar-refractivity contribution in [1.29, 1.82) is 0 Å². The third-order valence-corrected chi connectivity index (χ3v) is 3.59. The van der Waals surface area contributed by atoms with Gasteiger partial charge in [-0.2, -0.15) is 5.10 Å². The smallest absolute Gasteiger partial charge is 0.257 e. The second kappa shape index (κ2) is 5.24. The molecule has 3 rings (SSSR count). The first kappa shape index (κ1) is 12.5. The number of benzene rings is 1. The van der Waals surface area contributed by atoms with Gasteiger partial charge in [0.05, 0.1) is 23.1 Å². The van der Waals surface area contributed by atoms with Crippen molar-refractivity contribution < 1.29 is 4.79 Å². The topological polar surface area (TPSA) is 78.2 Å². The van der Waals surface area contributed by atoms with Crippen molar-refractivity contribution in [3.05, 3.63) is 42.2 Å². The van der Waals surface area contributed by atoms with E-state index in [9.17, 15) is 4.79 Å². The number of carbonyl (C=O) groups is 1. The molecule has 0 saturated carbocycles. The van der Waals surface area contributed by atoms with Gasteiger partial charge in [0.2, 0.25) is 0 Å². The van der Waals surface area contributed by atoms with Gasteiger partial charge in [-0.3, -0.25) is 9.89 Å². The number of hydrogen-bond acceptors (Lipinski definition) is 4. The lowest BCUT2D eigenvalue weighted by molar-refractivity contribution is 0.0747. The summed E-state index contributed by atoms with van der Waals surface area (Å²) in [6.07, 6.45) is 3.19. The first-order chi connectivity index (χ1) is 9.75. The van der Waals surface area contributed by atoms with Crippen molar-refractivity contribution >= 4 is 17.3 Å². The van der Waals surface area contributed by atoms with Crippen molar-refractivity contribution in [2.45, 2.75) is 0 Å². The number of H-pyrrole nitrogens is 1. The Kier molecular flexibility index (Phi) is 3.28. The molecule has 0 spiro atoms. The van der Waals surface area contributed by atoms with E-state index in [2.05, 4.69) is 15.1 Å². The number of aromatic amines is 1. The molecule has 0 unspecified atom stereocenters. The summed E-state index contributed by atoms with van der Waals surface area (Å²) in [4.78, 5) is 16.3. The molecule has 2 aromatic rings. The number of aromatic nitrogens is 2. The predicted molar refractivity (Wildman–Crippen MR) is 77.6 cm³/mol. The molecule has 1 aliphatic rings. The van der Waals surface area contributed by atoms with Crippen molar-refractivity contribution in [1.82, 2.24) is 15.1 Å². The van der Waals surface area contributed by atoms with Crippen LogP contribution in [0.3, 0.4) is 0 Å². The Labute approximate surface area is 117 Å². The SMILES string of the molecule is Nc1ccccc1N1CCN(C(=O)c2cn[nH]c2)CC1. The molecule has 3 N–H and O–H groups in total. The average molecular weight is 271 g/mol. The Morgan fingerprint density at radius 2 is 1.95 bits per heavy atom. The van der Waals surface area contributed by atoms with Crippen LogP contribution in [0.2, 0.25) is 0 Å². The van der Waals surface area contributed by atoms with Gasteiger partial charge in [-0.15, -0.1) is 0 Å². The van der Waals surface area contributed by atoms with E-state index in [0.29, 0.717) is 18.7 Å². The Morgan fingerprint density at radius 3 is 2.60 bits per heavy atom. The molecule has 104 valence electrons. The molecule has 20 heavy (non-hydrogen) atoms. The summed E-state index contributed by atoms with van der Waals surface area (Å²) in [7, 11) is 0. The Hall–Kier alpha value is -2.50. The van der Waals surface area contributed by atoms with Gasteiger partial charge in [-0.1, -0.05) is 12.1 Å². The van der Waals surface area contributed by atoms with Crippen LogP contribution in [0.4, 0.5) is 11.4 Å². The highest BCUT2D eigenvalue weighted by atomic mass is 16.2. The largest absolute Gasteiger partial charge is 0.397 e. The van der Waals surface area contributed by atoms with E-state index in [4.69, 9.17) is 5.73 Å². The molecule has 1 fully saturated rings. The first-order valence-electron chi connectivity index (χ1n) is 6.63. The maximum Gasteiger partial charge on any atom is 0.257 e. The molecule has 0 aliphatic carbocycles. The molecule has 1 aromatic heterocycles. The number of piperazine rings is 1. The summed E-state index contributed by atoms with van der Waals surface area (Å²) in [5.74, 6) is 0.0273. The highest BCUT2D eigenvalue weighted by molar-refractivity contribution is 5.93. The molecule has 1 amide bonds. The highest BCUT2D eigenvalue weighted by Crippen LogP contribution is 2.23. The van der Waals surface area contributed by atoms with Gasteiger partial charge in [0, 0.05) is 32.4 Å². The fraction of sp³-hybridized carbons (Fsp3) is 0.286. The fourth-order valence-corrected chi connectivity index (χ4v) is 2.48. The van der Waals surface area contributed by atoms with E-state index in [0.717, 1.165) is 24.5 Å². The summed E-state index contributed by atoms with van der Waals surface area (Å²) < 4.78 is 0. The summed E-state index contributed by atoms with van der Waals surface area (Å²) >= 11 is 0. The van der Waals surface area contributed by atoms with Gasteiger partial charge in [0.25, 0.3) is 5.91 Å². The second-order valence-electron chi connectivity index (χ2n) is 4.83. The Balaban J connectivity index is 1.65. The number of nitrogens with zero attached hydrogens (tertiary/aromatic N) is 3. The molecule has 6 nitrogen and oxygen atoms in total. The van der Waals surface area contributed by atoms with E-state index in [1.807, 2.05) is 29.2 Å². The van der Waals surface area contributed by atoms with E-state index in [-0.39, 0.29) is 5.91 Å². The number of amides is 1. The molecule has 6 heteroatoms. The van der Waals surface area contributed by atoms with Gasteiger partial charge in [-0.05, 0) is 12.1 Å². The normalized spacial score (nSPS) is 15.4. The van der Waals surface area contributed by atoms with Gasteiger partial charge < -0.3 is 15.5 Å². The van der Waals surface area contributed by atoms with Gasteiger partial charge in [-0.25, -0.2) is 0 Å². The first-order valence-corrected chi connectivity index (χ1v) is 6.63. The summed E-state index contributed by atoms with van der Waals surface area (Å²) in [5.41, 5.74) is 8.42. The zero-order valence-corrected chi connectivity index (χ0v) is 11.1. The molecule has 1 saturated heterocycles. The third-order valence-electron chi connectivity index (χ3n) is 3.59. The summed E-state index contributed by atoms with van der Waals surface area (Å²) in [6, 6.07) is 7.83. The number of nitrogens with one attached hydrogen (secondary N) is 1. The molecule has 0 radical (unpaired) electrons. The number of nitrogen functional groups attached to an aromatic ring is 1. The molecule has 0 bridgehead atoms.